The van der Waals surface area contributed by atoms with Gasteiger partial charge in [0.05, 0.1) is 16.9 Å². The van der Waals surface area contributed by atoms with Crippen molar-refractivity contribution in [3.8, 4) is 5.75 Å². The minimum absolute atomic E-state index is 0.0754. The van der Waals surface area contributed by atoms with Gasteiger partial charge in [0, 0.05) is 38.8 Å². The molecule has 9 nitrogen and oxygen atoms in total. The van der Waals surface area contributed by atoms with Crippen LogP contribution in [-0.4, -0.2) is 61.1 Å². The molecule has 4 rings (SSSR count). The van der Waals surface area contributed by atoms with Crippen LogP contribution in [0, 0.1) is 5.82 Å². The van der Waals surface area contributed by atoms with Gasteiger partial charge in [0.1, 0.15) is 17.9 Å². The molecular formula is C21H26FN5O4. The first-order valence-electron chi connectivity index (χ1n) is 10.4. The number of hydrogen-bond acceptors (Lipinski definition) is 6. The molecule has 0 aliphatic carbocycles. The van der Waals surface area contributed by atoms with Gasteiger partial charge in [-0.25, -0.2) is 4.39 Å². The summed E-state index contributed by atoms with van der Waals surface area (Å²) in [5, 5.41) is 0.0754. The second kappa shape index (κ2) is 8.18. The van der Waals surface area contributed by atoms with Crippen molar-refractivity contribution in [3.05, 3.63) is 33.9 Å². The van der Waals surface area contributed by atoms with E-state index >= 15 is 4.39 Å². The van der Waals surface area contributed by atoms with E-state index in [0.717, 1.165) is 13.1 Å². The summed E-state index contributed by atoms with van der Waals surface area (Å²) in [5.41, 5.74) is 4.55. The molecule has 166 valence electrons. The molecule has 3 heterocycles. The van der Waals surface area contributed by atoms with Gasteiger partial charge in [-0.3, -0.25) is 25.2 Å². The molecule has 1 saturated heterocycles. The van der Waals surface area contributed by atoms with Crippen molar-refractivity contribution in [1.82, 2.24) is 20.3 Å². The monoisotopic (exact) mass is 431 g/mol. The molecule has 2 N–H and O–H groups in total. The summed E-state index contributed by atoms with van der Waals surface area (Å²) in [7, 11) is 2.02. The van der Waals surface area contributed by atoms with Crippen molar-refractivity contribution in [2.75, 3.05) is 44.7 Å². The van der Waals surface area contributed by atoms with Crippen LogP contribution in [-0.2, 0) is 4.79 Å². The lowest BCUT2D eigenvalue weighted by atomic mass is 10.0. The number of piperazine rings is 1. The second-order valence-electron chi connectivity index (χ2n) is 8.02. The molecule has 1 fully saturated rings. The zero-order valence-electron chi connectivity index (χ0n) is 17.8. The van der Waals surface area contributed by atoms with E-state index in [1.165, 1.54) is 12.3 Å². The average molecular weight is 431 g/mol. The Kier molecular flexibility index (Phi) is 5.57. The van der Waals surface area contributed by atoms with Gasteiger partial charge < -0.3 is 19.1 Å². The van der Waals surface area contributed by atoms with Crippen molar-refractivity contribution >= 4 is 28.4 Å². The van der Waals surface area contributed by atoms with E-state index in [2.05, 4.69) is 15.8 Å². The fourth-order valence-electron chi connectivity index (χ4n) is 3.98. The number of likely N-dealkylation sites (N-methyl/N-ethyl adjacent to an activating group) is 1. The Hall–Kier alpha value is -3.14. The number of carbonyl (C=O) groups is 2. The second-order valence-corrected chi connectivity index (χ2v) is 8.02. The summed E-state index contributed by atoms with van der Waals surface area (Å²) < 4.78 is 23.0. The molecule has 2 aliphatic heterocycles. The number of nitrogens with zero attached hydrogens (tertiary/aromatic N) is 3. The topological polar surface area (TPSA) is 95.9 Å². The third-order valence-corrected chi connectivity index (χ3v) is 5.84. The number of hydrazine groups is 1. The number of nitrogens with one attached hydrogen (secondary N) is 2. The van der Waals surface area contributed by atoms with Crippen molar-refractivity contribution in [3.63, 3.8) is 0 Å². The standard InChI is InChI=1S/C21H26FN5O4/c1-4-16(28)23-24-21(30)14-10-27-12(2)11-31-20-17(27)13(19(14)29)9-15(22)18(20)26-7-5-25(3)6-8-26/h9-10,12H,4-8,11H2,1-3H3,(H,23,28)(H,24,30)/t12-/m0/s1. The Morgan fingerprint density at radius 3 is 2.61 bits per heavy atom. The first kappa shape index (κ1) is 21.1. The molecule has 2 aromatic rings. The summed E-state index contributed by atoms with van der Waals surface area (Å²) in [6.45, 7) is 6.69. The van der Waals surface area contributed by atoms with Crippen LogP contribution in [0.15, 0.2) is 17.1 Å². The molecule has 0 radical (unpaired) electrons. The normalized spacial score (nSPS) is 18.6. The van der Waals surface area contributed by atoms with Gasteiger partial charge in [0.15, 0.2) is 11.6 Å². The highest BCUT2D eigenvalue weighted by Crippen LogP contribution is 2.42. The zero-order chi connectivity index (χ0) is 22.3. The molecule has 1 aromatic carbocycles. The lowest BCUT2D eigenvalue weighted by Gasteiger charge is -2.37. The third-order valence-electron chi connectivity index (χ3n) is 5.84. The smallest absolute Gasteiger partial charge is 0.275 e. The van der Waals surface area contributed by atoms with Gasteiger partial charge in [0.2, 0.25) is 11.3 Å². The van der Waals surface area contributed by atoms with Crippen LogP contribution >= 0.6 is 0 Å². The Labute approximate surface area is 178 Å². The molecule has 0 bridgehead atoms. The van der Waals surface area contributed by atoms with E-state index in [1.807, 2.05) is 18.9 Å². The van der Waals surface area contributed by atoms with E-state index in [0.29, 0.717) is 30.0 Å². The van der Waals surface area contributed by atoms with E-state index in [1.54, 1.807) is 11.5 Å². The average Bonchev–Trinajstić information content (AvgIpc) is 2.76. The van der Waals surface area contributed by atoms with E-state index in [-0.39, 0.29) is 35.9 Å². The summed E-state index contributed by atoms with van der Waals surface area (Å²) in [5.74, 6) is -1.35. The van der Waals surface area contributed by atoms with Crippen LogP contribution < -0.4 is 25.9 Å². The number of anilines is 1. The molecular weight excluding hydrogens is 405 g/mol. The van der Waals surface area contributed by atoms with E-state index in [4.69, 9.17) is 4.74 Å². The van der Waals surface area contributed by atoms with Crippen LogP contribution in [0.25, 0.3) is 10.9 Å². The summed E-state index contributed by atoms with van der Waals surface area (Å²) >= 11 is 0. The fraction of sp³-hybridized carbons (Fsp3) is 0.476. The number of pyridine rings is 1. The van der Waals surface area contributed by atoms with Crippen LogP contribution in [0.2, 0.25) is 0 Å². The maximum atomic E-state index is 15.3. The van der Waals surface area contributed by atoms with Gasteiger partial charge in [-0.15, -0.1) is 0 Å². The van der Waals surface area contributed by atoms with Gasteiger partial charge in [0.25, 0.3) is 5.91 Å². The number of benzene rings is 1. The first-order valence-corrected chi connectivity index (χ1v) is 10.4. The number of amides is 2. The molecule has 2 aliphatic rings. The summed E-state index contributed by atoms with van der Waals surface area (Å²) in [6, 6.07) is 1.02. The number of hydrogen-bond donors (Lipinski definition) is 2. The highest BCUT2D eigenvalue weighted by atomic mass is 19.1. The van der Waals surface area contributed by atoms with E-state index < -0.39 is 17.2 Å². The van der Waals surface area contributed by atoms with Gasteiger partial charge in [-0.1, -0.05) is 6.92 Å². The maximum Gasteiger partial charge on any atom is 0.275 e. The fourth-order valence-corrected chi connectivity index (χ4v) is 3.98. The van der Waals surface area contributed by atoms with Crippen LogP contribution in [0.5, 0.6) is 5.75 Å². The summed E-state index contributed by atoms with van der Waals surface area (Å²) in [4.78, 5) is 41.2. The van der Waals surface area contributed by atoms with E-state index in [9.17, 15) is 14.4 Å². The molecule has 10 heteroatoms. The number of ether oxygens (including phenoxy) is 1. The quantitative estimate of drug-likeness (QED) is 0.705. The van der Waals surface area contributed by atoms with Crippen molar-refractivity contribution in [2.24, 2.45) is 0 Å². The lowest BCUT2D eigenvalue weighted by molar-refractivity contribution is -0.121. The Bertz CT molecular complexity index is 1110. The number of halogens is 1. The molecule has 0 unspecified atom stereocenters. The van der Waals surface area contributed by atoms with Crippen LogP contribution in [0.3, 0.4) is 0 Å². The van der Waals surface area contributed by atoms with Gasteiger partial charge in [-0.05, 0) is 20.0 Å². The van der Waals surface area contributed by atoms with Crippen LogP contribution in [0.4, 0.5) is 10.1 Å². The number of aromatic nitrogens is 1. The number of rotatable bonds is 3. The number of carbonyl (C=O) groups excluding carboxylic acids is 2. The van der Waals surface area contributed by atoms with Gasteiger partial charge >= 0.3 is 0 Å². The highest BCUT2D eigenvalue weighted by molar-refractivity contribution is 6.00. The minimum Gasteiger partial charge on any atom is -0.487 e. The molecule has 1 aromatic heterocycles. The first-order chi connectivity index (χ1) is 14.8. The highest BCUT2D eigenvalue weighted by Gasteiger charge is 2.31. The molecule has 31 heavy (non-hydrogen) atoms. The SMILES string of the molecule is CCC(=O)NNC(=O)c1cn2c3c(c(N4CCN(C)CC4)c(F)cc3c1=O)OC[C@@H]2C. The maximum absolute atomic E-state index is 15.3. The Morgan fingerprint density at radius 1 is 1.23 bits per heavy atom. The Balaban J connectivity index is 1.84. The molecule has 1 atom stereocenters. The molecule has 0 spiro atoms. The zero-order valence-corrected chi connectivity index (χ0v) is 17.8. The predicted octanol–water partition coefficient (Wildman–Crippen LogP) is 1.02. The van der Waals surface area contributed by atoms with Gasteiger partial charge in [-0.2, -0.15) is 0 Å². The predicted molar refractivity (Wildman–Crippen MR) is 114 cm³/mol. The van der Waals surface area contributed by atoms with Crippen molar-refractivity contribution in [1.29, 1.82) is 0 Å². The van der Waals surface area contributed by atoms with Crippen LogP contribution in [0.1, 0.15) is 36.7 Å². The lowest BCUT2D eigenvalue weighted by Crippen LogP contribution is -2.45. The molecule has 2 amide bonds. The minimum atomic E-state index is -0.749. The third kappa shape index (κ3) is 3.71. The summed E-state index contributed by atoms with van der Waals surface area (Å²) in [6.07, 6.45) is 1.64. The van der Waals surface area contributed by atoms with Crippen molar-refractivity contribution < 1.29 is 18.7 Å². The largest absolute Gasteiger partial charge is 0.487 e. The van der Waals surface area contributed by atoms with Crippen molar-refractivity contribution in [2.45, 2.75) is 26.3 Å². The Morgan fingerprint density at radius 2 is 1.94 bits per heavy atom. The molecule has 0 saturated carbocycles.